The van der Waals surface area contributed by atoms with Gasteiger partial charge in [0.15, 0.2) is 0 Å². The van der Waals surface area contributed by atoms with Crippen LogP contribution in [0, 0.1) is 5.82 Å². The SMILES string of the molecule is CCOc1ccc(S(=O)(=O)N(CC(=O)N(Cc2c(Cl)cccc2Cl)[C@H](CC)C(=O)N[C@H](C)CC)c2ccc(F)cc2)cc1. The predicted molar refractivity (Wildman–Crippen MR) is 168 cm³/mol. The molecule has 0 aromatic heterocycles. The van der Waals surface area contributed by atoms with Crippen LogP contribution in [0.3, 0.4) is 0 Å². The molecular formula is C31H36Cl2FN3O5S. The van der Waals surface area contributed by atoms with E-state index in [0.717, 1.165) is 16.4 Å². The number of anilines is 1. The molecule has 8 nitrogen and oxygen atoms in total. The number of ether oxygens (including phenoxy) is 1. The third-order valence-electron chi connectivity index (χ3n) is 6.89. The smallest absolute Gasteiger partial charge is 0.264 e. The number of hydrogen-bond acceptors (Lipinski definition) is 5. The Labute approximate surface area is 262 Å². The van der Waals surface area contributed by atoms with E-state index in [1.54, 1.807) is 32.0 Å². The van der Waals surface area contributed by atoms with E-state index in [4.69, 9.17) is 27.9 Å². The summed E-state index contributed by atoms with van der Waals surface area (Å²) < 4.78 is 48.1. The molecule has 12 heteroatoms. The van der Waals surface area contributed by atoms with E-state index in [1.165, 1.54) is 41.3 Å². The van der Waals surface area contributed by atoms with Gasteiger partial charge in [-0.05, 0) is 87.4 Å². The molecule has 0 heterocycles. The molecule has 0 radical (unpaired) electrons. The Balaban J connectivity index is 2.09. The fourth-order valence-electron chi connectivity index (χ4n) is 4.35. The third kappa shape index (κ3) is 8.61. The van der Waals surface area contributed by atoms with Gasteiger partial charge in [-0.3, -0.25) is 13.9 Å². The number of benzene rings is 3. The predicted octanol–water partition coefficient (Wildman–Crippen LogP) is 6.45. The van der Waals surface area contributed by atoms with Gasteiger partial charge < -0.3 is 15.0 Å². The first-order valence-corrected chi connectivity index (χ1v) is 16.2. The summed E-state index contributed by atoms with van der Waals surface area (Å²) in [6.45, 7) is 6.90. The van der Waals surface area contributed by atoms with Crippen molar-refractivity contribution < 1.29 is 27.1 Å². The van der Waals surface area contributed by atoms with Crippen molar-refractivity contribution in [2.45, 2.75) is 64.1 Å². The van der Waals surface area contributed by atoms with Gasteiger partial charge in [-0.25, -0.2) is 12.8 Å². The number of halogens is 3. The van der Waals surface area contributed by atoms with E-state index in [9.17, 15) is 22.4 Å². The molecule has 0 spiro atoms. The summed E-state index contributed by atoms with van der Waals surface area (Å²) in [5.74, 6) is -1.17. The van der Waals surface area contributed by atoms with E-state index >= 15 is 0 Å². The van der Waals surface area contributed by atoms with Crippen LogP contribution in [-0.2, 0) is 26.2 Å². The monoisotopic (exact) mass is 651 g/mol. The van der Waals surface area contributed by atoms with Crippen molar-refractivity contribution >= 4 is 50.7 Å². The summed E-state index contributed by atoms with van der Waals surface area (Å²) in [4.78, 5) is 28.7. The van der Waals surface area contributed by atoms with Gasteiger partial charge in [0, 0.05) is 28.2 Å². The van der Waals surface area contributed by atoms with Crippen LogP contribution in [0.15, 0.2) is 71.6 Å². The van der Waals surface area contributed by atoms with Gasteiger partial charge in [0.25, 0.3) is 10.0 Å². The van der Waals surface area contributed by atoms with Crippen LogP contribution in [0.5, 0.6) is 5.75 Å². The van der Waals surface area contributed by atoms with Gasteiger partial charge in [0.1, 0.15) is 24.2 Å². The highest BCUT2D eigenvalue weighted by Crippen LogP contribution is 2.29. The lowest BCUT2D eigenvalue weighted by atomic mass is 10.1. The van der Waals surface area contributed by atoms with E-state index < -0.39 is 40.2 Å². The number of sulfonamides is 1. The Hall–Kier alpha value is -3.34. The Kier molecular flexibility index (Phi) is 12.2. The number of hydrogen-bond donors (Lipinski definition) is 1. The second kappa shape index (κ2) is 15.4. The minimum absolute atomic E-state index is 0.0662. The molecule has 43 heavy (non-hydrogen) atoms. The maximum absolute atomic E-state index is 14.2. The molecule has 1 N–H and O–H groups in total. The van der Waals surface area contributed by atoms with E-state index in [0.29, 0.717) is 34.4 Å². The zero-order valence-corrected chi connectivity index (χ0v) is 26.8. The molecule has 2 atom stereocenters. The van der Waals surface area contributed by atoms with Crippen molar-refractivity contribution in [3.8, 4) is 5.75 Å². The molecule has 0 aliphatic carbocycles. The zero-order valence-electron chi connectivity index (χ0n) is 24.5. The molecule has 0 saturated carbocycles. The van der Waals surface area contributed by atoms with Gasteiger partial charge in [-0.15, -0.1) is 0 Å². The standard InChI is InChI=1S/C31H36Cl2FN3O5S/c1-5-21(4)35-31(39)29(6-2)36(19-26-27(32)9-8-10-28(26)33)30(38)20-37(23-13-11-22(34)12-14-23)43(40,41)25-17-15-24(16-18-25)42-7-3/h8-18,21,29H,5-7,19-20H2,1-4H3,(H,35,39)/t21-,29-/m1/s1. The summed E-state index contributed by atoms with van der Waals surface area (Å²) in [6.07, 6.45) is 0.906. The average Bonchev–Trinajstić information content (AvgIpc) is 2.98. The number of rotatable bonds is 14. The maximum Gasteiger partial charge on any atom is 0.264 e. The summed E-state index contributed by atoms with van der Waals surface area (Å²) in [7, 11) is -4.34. The second-order valence-corrected chi connectivity index (χ2v) is 12.5. The first-order chi connectivity index (χ1) is 20.4. The Morgan fingerprint density at radius 2 is 1.53 bits per heavy atom. The number of carbonyl (C=O) groups is 2. The van der Waals surface area contributed by atoms with Gasteiger partial charge in [-0.1, -0.05) is 43.1 Å². The van der Waals surface area contributed by atoms with Crippen molar-refractivity contribution in [2.75, 3.05) is 17.5 Å². The van der Waals surface area contributed by atoms with Crippen LogP contribution in [0.2, 0.25) is 10.0 Å². The molecule has 0 aliphatic rings. The van der Waals surface area contributed by atoms with E-state index in [-0.39, 0.29) is 29.6 Å². The lowest BCUT2D eigenvalue weighted by molar-refractivity contribution is -0.140. The van der Waals surface area contributed by atoms with Gasteiger partial charge >= 0.3 is 0 Å². The zero-order chi connectivity index (χ0) is 31.7. The molecule has 0 aliphatic heterocycles. The van der Waals surface area contributed by atoms with Crippen LogP contribution < -0.4 is 14.4 Å². The molecular weight excluding hydrogens is 616 g/mol. The van der Waals surface area contributed by atoms with Gasteiger partial charge in [0.2, 0.25) is 11.8 Å². The molecule has 3 rings (SSSR count). The van der Waals surface area contributed by atoms with Crippen molar-refractivity contribution in [1.82, 2.24) is 10.2 Å². The van der Waals surface area contributed by atoms with Crippen molar-refractivity contribution in [2.24, 2.45) is 0 Å². The molecule has 0 unspecified atom stereocenters. The molecule has 0 saturated heterocycles. The quantitative estimate of drug-likeness (QED) is 0.216. The van der Waals surface area contributed by atoms with Crippen molar-refractivity contribution in [3.63, 3.8) is 0 Å². The topological polar surface area (TPSA) is 96.0 Å². The van der Waals surface area contributed by atoms with E-state index in [1.807, 2.05) is 13.8 Å². The lowest BCUT2D eigenvalue weighted by Crippen LogP contribution is -2.53. The minimum Gasteiger partial charge on any atom is -0.494 e. The number of nitrogens with one attached hydrogen (secondary N) is 1. The Bertz CT molecular complexity index is 1480. The minimum atomic E-state index is -4.34. The average molecular weight is 653 g/mol. The molecule has 0 bridgehead atoms. The summed E-state index contributed by atoms with van der Waals surface area (Å²) in [6, 6.07) is 14.3. The second-order valence-electron chi connectivity index (χ2n) is 9.86. The molecule has 232 valence electrons. The third-order valence-corrected chi connectivity index (χ3v) is 9.39. The summed E-state index contributed by atoms with van der Waals surface area (Å²) in [5, 5.41) is 3.49. The fourth-order valence-corrected chi connectivity index (χ4v) is 6.28. The summed E-state index contributed by atoms with van der Waals surface area (Å²) >= 11 is 12.9. The number of carbonyl (C=O) groups excluding carboxylic acids is 2. The highest BCUT2D eigenvalue weighted by Gasteiger charge is 2.34. The molecule has 0 fully saturated rings. The summed E-state index contributed by atoms with van der Waals surface area (Å²) in [5.41, 5.74) is 0.480. The Morgan fingerprint density at radius 3 is 2.07 bits per heavy atom. The van der Waals surface area contributed by atoms with Gasteiger partial charge in [0.05, 0.1) is 17.2 Å². The number of nitrogens with zero attached hydrogens (tertiary/aromatic N) is 2. The lowest BCUT2D eigenvalue weighted by Gasteiger charge is -2.34. The molecule has 3 aromatic rings. The van der Waals surface area contributed by atoms with Crippen LogP contribution in [0.1, 0.15) is 46.1 Å². The highest BCUT2D eigenvalue weighted by molar-refractivity contribution is 7.92. The number of amides is 2. The maximum atomic E-state index is 14.2. The first-order valence-electron chi connectivity index (χ1n) is 14.0. The molecule has 2 amide bonds. The highest BCUT2D eigenvalue weighted by atomic mass is 35.5. The van der Waals surface area contributed by atoms with Crippen molar-refractivity contribution in [1.29, 1.82) is 0 Å². The normalized spacial score (nSPS) is 12.7. The van der Waals surface area contributed by atoms with E-state index in [2.05, 4.69) is 5.32 Å². The van der Waals surface area contributed by atoms with Gasteiger partial charge in [-0.2, -0.15) is 0 Å². The van der Waals surface area contributed by atoms with Crippen LogP contribution in [0.4, 0.5) is 10.1 Å². The Morgan fingerprint density at radius 1 is 0.930 bits per heavy atom. The van der Waals surface area contributed by atoms with Crippen LogP contribution >= 0.6 is 23.2 Å². The van der Waals surface area contributed by atoms with Crippen LogP contribution in [0.25, 0.3) is 0 Å². The molecule has 3 aromatic carbocycles. The first kappa shape index (κ1) is 34.2. The van der Waals surface area contributed by atoms with Crippen molar-refractivity contribution in [3.05, 3.63) is 88.2 Å². The largest absolute Gasteiger partial charge is 0.494 e. The van der Waals surface area contributed by atoms with Crippen LogP contribution in [-0.4, -0.2) is 50.4 Å². The fraction of sp³-hybridized carbons (Fsp3) is 0.355.